The van der Waals surface area contributed by atoms with Gasteiger partial charge in [-0.3, -0.25) is 14.7 Å². The lowest BCUT2D eigenvalue weighted by molar-refractivity contribution is -0.131. The van der Waals surface area contributed by atoms with Crippen molar-refractivity contribution >= 4 is 32.7 Å². The van der Waals surface area contributed by atoms with Gasteiger partial charge in [-0.1, -0.05) is 42.5 Å². The van der Waals surface area contributed by atoms with E-state index in [1.54, 1.807) is 11.1 Å². The summed E-state index contributed by atoms with van der Waals surface area (Å²) in [4.78, 5) is 24.6. The Hall–Kier alpha value is -3.14. The number of hydrogen-bond donors (Lipinski definition) is 0. The van der Waals surface area contributed by atoms with Crippen molar-refractivity contribution in [3.63, 3.8) is 0 Å². The lowest BCUT2D eigenvalue weighted by Gasteiger charge is -2.39. The summed E-state index contributed by atoms with van der Waals surface area (Å²) < 4.78 is 30.5. The summed E-state index contributed by atoms with van der Waals surface area (Å²) in [7, 11) is -3.20. The van der Waals surface area contributed by atoms with Crippen molar-refractivity contribution in [3.8, 4) is 11.1 Å². The molecule has 0 aliphatic carbocycles. The van der Waals surface area contributed by atoms with Gasteiger partial charge >= 0.3 is 0 Å². The van der Waals surface area contributed by atoms with E-state index in [1.165, 1.54) is 10.6 Å². The van der Waals surface area contributed by atoms with E-state index in [0.717, 1.165) is 27.6 Å². The number of nitrogens with zero attached hydrogens (tertiary/aromatic N) is 4. The van der Waals surface area contributed by atoms with E-state index < -0.39 is 15.6 Å². The Kier molecular flexibility index (Phi) is 5.24. The predicted octanol–water partition coefficient (Wildman–Crippen LogP) is 2.54. The Labute approximate surface area is 204 Å². The van der Waals surface area contributed by atoms with Crippen molar-refractivity contribution in [1.29, 1.82) is 0 Å². The van der Waals surface area contributed by atoms with E-state index in [4.69, 9.17) is 9.73 Å². The van der Waals surface area contributed by atoms with Gasteiger partial charge in [-0.25, -0.2) is 17.7 Å². The van der Waals surface area contributed by atoms with E-state index in [1.807, 2.05) is 36.4 Å². The second-order valence-electron chi connectivity index (χ2n) is 9.62. The smallest absolute Gasteiger partial charge is 0.258 e. The highest BCUT2D eigenvalue weighted by molar-refractivity contribution is 7.88. The second-order valence-corrected chi connectivity index (χ2v) is 11.6. The van der Waals surface area contributed by atoms with Crippen LogP contribution < -0.4 is 0 Å². The maximum Gasteiger partial charge on any atom is 0.258 e. The number of fused-ring (bicyclic) bond motifs is 1. The number of hydrogen-bond acceptors (Lipinski definition) is 6. The molecular weight excluding hydrogens is 464 g/mol. The summed E-state index contributed by atoms with van der Waals surface area (Å²) in [6.45, 7) is 2.09. The Morgan fingerprint density at radius 1 is 1.06 bits per heavy atom. The molecule has 0 saturated carbocycles. The van der Waals surface area contributed by atoms with Crippen LogP contribution in [0.3, 0.4) is 0 Å². The summed E-state index contributed by atoms with van der Waals surface area (Å²) in [5, 5.41) is 1.09. The SMILES string of the molecule is CS(=O)(=O)N1CC(CN2C(=O)C3(CCOC3)N=C2c2ccc(-c3ccc4cccnc4c3)cc2)C1. The largest absolute Gasteiger partial charge is 0.378 e. The van der Waals surface area contributed by atoms with Crippen molar-refractivity contribution in [3.05, 3.63) is 66.4 Å². The van der Waals surface area contributed by atoms with Crippen LogP contribution >= 0.6 is 0 Å². The van der Waals surface area contributed by atoms with E-state index >= 15 is 0 Å². The molecule has 9 heteroatoms. The van der Waals surface area contributed by atoms with Crippen molar-refractivity contribution in [2.45, 2.75) is 12.0 Å². The molecule has 6 rings (SSSR count). The molecule has 0 radical (unpaired) electrons. The number of amides is 1. The Bertz CT molecular complexity index is 1440. The van der Waals surface area contributed by atoms with Gasteiger partial charge in [-0.05, 0) is 23.3 Å². The second kappa shape index (κ2) is 8.22. The highest BCUT2D eigenvalue weighted by Crippen LogP contribution is 2.35. The summed E-state index contributed by atoms with van der Waals surface area (Å²) >= 11 is 0. The van der Waals surface area contributed by atoms with Gasteiger partial charge in [0.15, 0.2) is 5.54 Å². The minimum absolute atomic E-state index is 0.0486. The van der Waals surface area contributed by atoms with Gasteiger partial charge in [-0.15, -0.1) is 0 Å². The lowest BCUT2D eigenvalue weighted by atomic mass is 9.97. The molecule has 2 saturated heterocycles. The van der Waals surface area contributed by atoms with Gasteiger partial charge in [0, 0.05) is 55.7 Å². The molecule has 35 heavy (non-hydrogen) atoms. The number of benzene rings is 2. The van der Waals surface area contributed by atoms with E-state index in [2.05, 4.69) is 23.2 Å². The predicted molar refractivity (Wildman–Crippen MR) is 134 cm³/mol. The fraction of sp³-hybridized carbons (Fsp3) is 0.346. The number of carbonyl (C=O) groups is 1. The van der Waals surface area contributed by atoms with E-state index in [0.29, 0.717) is 38.5 Å². The molecule has 0 N–H and O–H groups in total. The van der Waals surface area contributed by atoms with Gasteiger partial charge < -0.3 is 4.74 Å². The first kappa shape index (κ1) is 22.3. The molecule has 3 aromatic rings. The lowest BCUT2D eigenvalue weighted by Crippen LogP contribution is -2.55. The molecule has 3 aliphatic heterocycles. The zero-order valence-corrected chi connectivity index (χ0v) is 20.2. The quantitative estimate of drug-likeness (QED) is 0.548. The molecule has 0 bridgehead atoms. The minimum Gasteiger partial charge on any atom is -0.378 e. The average Bonchev–Trinajstić information content (AvgIpc) is 3.40. The van der Waals surface area contributed by atoms with Gasteiger partial charge in [0.05, 0.1) is 18.4 Å². The molecule has 2 aromatic carbocycles. The summed E-state index contributed by atoms with van der Waals surface area (Å²) in [5.74, 6) is 0.679. The van der Waals surface area contributed by atoms with E-state index in [9.17, 15) is 13.2 Å². The molecule has 1 amide bonds. The topological polar surface area (TPSA) is 92.2 Å². The first-order valence-corrected chi connectivity index (χ1v) is 13.6. The zero-order chi connectivity index (χ0) is 24.2. The summed E-state index contributed by atoms with van der Waals surface area (Å²) in [6, 6.07) is 18.2. The standard InChI is InChI=1S/C26H26N4O4S/c1-35(32,33)29-14-18(15-29)16-30-24(28-26(25(30)31)10-12-34-17-26)21-7-4-19(5-8-21)22-9-6-20-3-2-11-27-23(20)13-22/h2-9,11,13,18H,10,12,14-17H2,1H3. The molecule has 1 aromatic heterocycles. The average molecular weight is 491 g/mol. The van der Waals surface area contributed by atoms with Crippen LogP contribution in [0.5, 0.6) is 0 Å². The molecule has 1 unspecified atom stereocenters. The van der Waals surface area contributed by atoms with Crippen molar-refractivity contribution in [2.24, 2.45) is 10.9 Å². The Morgan fingerprint density at radius 3 is 2.51 bits per heavy atom. The van der Waals surface area contributed by atoms with E-state index in [-0.39, 0.29) is 18.4 Å². The fourth-order valence-electron chi connectivity index (χ4n) is 5.08. The van der Waals surface area contributed by atoms with Crippen LogP contribution in [0.15, 0.2) is 65.8 Å². The fourth-order valence-corrected chi connectivity index (χ4v) is 6.05. The van der Waals surface area contributed by atoms with Crippen LogP contribution in [0.25, 0.3) is 22.0 Å². The number of carbonyl (C=O) groups excluding carboxylic acids is 1. The molecular formula is C26H26N4O4S. The third kappa shape index (κ3) is 3.93. The van der Waals surface area contributed by atoms with Crippen LogP contribution in [-0.4, -0.2) is 79.0 Å². The molecule has 1 atom stereocenters. The third-order valence-corrected chi connectivity index (χ3v) is 8.37. The van der Waals surface area contributed by atoms with Crippen molar-refractivity contribution < 1.29 is 17.9 Å². The minimum atomic E-state index is -3.20. The zero-order valence-electron chi connectivity index (χ0n) is 19.4. The molecule has 4 heterocycles. The first-order valence-electron chi connectivity index (χ1n) is 11.7. The maximum absolute atomic E-state index is 13.5. The molecule has 180 valence electrons. The monoisotopic (exact) mass is 490 g/mol. The molecule has 2 fully saturated rings. The van der Waals surface area contributed by atoms with Crippen LogP contribution in [0.1, 0.15) is 12.0 Å². The van der Waals surface area contributed by atoms with Crippen LogP contribution in [0.2, 0.25) is 0 Å². The van der Waals surface area contributed by atoms with Crippen LogP contribution in [0, 0.1) is 5.92 Å². The highest BCUT2D eigenvalue weighted by atomic mass is 32.2. The number of sulfonamides is 1. The van der Waals surface area contributed by atoms with Crippen LogP contribution in [0.4, 0.5) is 0 Å². The number of aromatic nitrogens is 1. The van der Waals surface area contributed by atoms with Gasteiger partial charge in [0.25, 0.3) is 5.91 Å². The summed E-state index contributed by atoms with van der Waals surface area (Å²) in [5.41, 5.74) is 3.07. The first-order chi connectivity index (χ1) is 16.8. The number of aliphatic imine (C=N–C) groups is 1. The highest BCUT2D eigenvalue weighted by Gasteiger charge is 2.52. The summed E-state index contributed by atoms with van der Waals surface area (Å²) in [6.07, 6.45) is 3.57. The third-order valence-electron chi connectivity index (χ3n) is 7.14. The molecule has 3 aliphatic rings. The maximum atomic E-state index is 13.5. The number of pyridine rings is 1. The molecule has 8 nitrogen and oxygen atoms in total. The van der Waals surface area contributed by atoms with Gasteiger partial charge in [-0.2, -0.15) is 0 Å². The number of ether oxygens (including phenoxy) is 1. The van der Waals surface area contributed by atoms with Crippen molar-refractivity contribution in [1.82, 2.24) is 14.2 Å². The normalized spacial score (nSPS) is 23.3. The Balaban J connectivity index is 1.28. The van der Waals surface area contributed by atoms with Crippen LogP contribution in [-0.2, 0) is 19.6 Å². The van der Waals surface area contributed by atoms with Gasteiger partial charge in [0.1, 0.15) is 5.84 Å². The van der Waals surface area contributed by atoms with Crippen molar-refractivity contribution in [2.75, 3.05) is 39.1 Å². The van der Waals surface area contributed by atoms with Gasteiger partial charge in [0.2, 0.25) is 10.0 Å². The molecule has 1 spiro atoms. The number of amidine groups is 1. The number of rotatable bonds is 5. The Morgan fingerprint density at radius 2 is 1.80 bits per heavy atom.